The number of ether oxygens (including phenoxy) is 1. The average Bonchev–Trinajstić information content (AvgIpc) is 3.10. The Balaban J connectivity index is 1.50. The maximum Gasteiger partial charge on any atom is 0.311 e. The molecule has 0 unspecified atom stereocenters. The third-order valence-electron chi connectivity index (χ3n) is 4.20. The summed E-state index contributed by atoms with van der Waals surface area (Å²) < 4.78 is 6.51. The second-order valence-electron chi connectivity index (χ2n) is 6.43. The number of esters is 1. The van der Waals surface area contributed by atoms with E-state index in [2.05, 4.69) is 16.9 Å². The predicted molar refractivity (Wildman–Crippen MR) is 112 cm³/mol. The minimum atomic E-state index is -0.164. The van der Waals surface area contributed by atoms with Crippen LogP contribution in [0.15, 0.2) is 53.5 Å². The van der Waals surface area contributed by atoms with Crippen LogP contribution in [0.2, 0.25) is 0 Å². The highest BCUT2D eigenvalue weighted by Gasteiger charge is 2.05. The molecule has 0 aliphatic carbocycles. The number of hydrogen-bond acceptors (Lipinski definition) is 5. The highest BCUT2D eigenvalue weighted by atomic mass is 32.1. The van der Waals surface area contributed by atoms with E-state index in [1.807, 2.05) is 36.4 Å². The summed E-state index contributed by atoms with van der Waals surface area (Å²) in [5.41, 5.74) is 1.90. The van der Waals surface area contributed by atoms with E-state index in [4.69, 9.17) is 4.74 Å². The third-order valence-corrected chi connectivity index (χ3v) is 5.15. The lowest BCUT2D eigenvalue weighted by Gasteiger charge is -2.04. The van der Waals surface area contributed by atoms with Crippen LogP contribution in [-0.2, 0) is 4.79 Å². The highest BCUT2D eigenvalue weighted by molar-refractivity contribution is 7.22. The van der Waals surface area contributed by atoms with E-state index in [1.54, 1.807) is 29.7 Å². The Hall–Kier alpha value is -2.53. The molecule has 3 rings (SSSR count). The summed E-state index contributed by atoms with van der Waals surface area (Å²) in [4.78, 5) is 20.8. The van der Waals surface area contributed by atoms with Gasteiger partial charge < -0.3 is 4.74 Å². The number of carbonyl (C=O) groups is 1. The molecular formula is C22H24N2O2S. The Morgan fingerprint density at radius 2 is 1.85 bits per heavy atom. The van der Waals surface area contributed by atoms with Crippen molar-refractivity contribution in [1.82, 2.24) is 4.98 Å². The minimum Gasteiger partial charge on any atom is -0.427 e. The molecular weight excluding hydrogens is 356 g/mol. The van der Waals surface area contributed by atoms with E-state index in [9.17, 15) is 4.79 Å². The molecule has 5 heteroatoms. The van der Waals surface area contributed by atoms with Crippen molar-refractivity contribution in [3.63, 3.8) is 0 Å². The van der Waals surface area contributed by atoms with Crippen LogP contribution in [0.3, 0.4) is 0 Å². The van der Waals surface area contributed by atoms with Gasteiger partial charge in [0.2, 0.25) is 5.13 Å². The second-order valence-corrected chi connectivity index (χ2v) is 7.44. The van der Waals surface area contributed by atoms with E-state index >= 15 is 0 Å². The number of rotatable bonds is 9. The second kappa shape index (κ2) is 9.97. The topological polar surface area (TPSA) is 51.5 Å². The average molecular weight is 381 g/mol. The number of fused-ring (bicyclic) bond motifs is 1. The molecule has 1 aromatic heterocycles. The van der Waals surface area contributed by atoms with Crippen LogP contribution in [0.4, 0.5) is 5.13 Å². The van der Waals surface area contributed by atoms with Crippen molar-refractivity contribution < 1.29 is 9.53 Å². The molecule has 0 aliphatic rings. The largest absolute Gasteiger partial charge is 0.427 e. The molecule has 0 fully saturated rings. The molecule has 140 valence electrons. The smallest absolute Gasteiger partial charge is 0.311 e. The molecule has 3 aromatic rings. The van der Waals surface area contributed by atoms with Gasteiger partial charge in [-0.05, 0) is 48.4 Å². The van der Waals surface area contributed by atoms with Gasteiger partial charge in [-0.25, -0.2) is 9.98 Å². The molecule has 4 nitrogen and oxygen atoms in total. The van der Waals surface area contributed by atoms with Gasteiger partial charge in [0.1, 0.15) is 5.75 Å². The van der Waals surface area contributed by atoms with E-state index in [-0.39, 0.29) is 5.97 Å². The summed E-state index contributed by atoms with van der Waals surface area (Å²) >= 11 is 1.56. The normalized spacial score (nSPS) is 11.3. The fourth-order valence-electron chi connectivity index (χ4n) is 2.72. The Morgan fingerprint density at radius 1 is 1.07 bits per heavy atom. The van der Waals surface area contributed by atoms with Crippen molar-refractivity contribution in [2.24, 2.45) is 4.99 Å². The summed E-state index contributed by atoms with van der Waals surface area (Å²) in [7, 11) is 0. The number of nitrogens with zero attached hydrogens (tertiary/aromatic N) is 2. The molecule has 0 atom stereocenters. The van der Waals surface area contributed by atoms with Crippen molar-refractivity contribution in [3.05, 3.63) is 54.1 Å². The zero-order valence-corrected chi connectivity index (χ0v) is 16.4. The molecule has 0 saturated carbocycles. The Labute approximate surface area is 163 Å². The fourth-order valence-corrected chi connectivity index (χ4v) is 3.53. The van der Waals surface area contributed by atoms with Crippen LogP contribution in [0, 0.1) is 0 Å². The van der Waals surface area contributed by atoms with E-state index in [1.165, 1.54) is 19.3 Å². The first-order valence-corrected chi connectivity index (χ1v) is 10.3. The van der Waals surface area contributed by atoms with Crippen LogP contribution >= 0.6 is 11.3 Å². The number of benzene rings is 2. The molecule has 0 bridgehead atoms. The van der Waals surface area contributed by atoms with E-state index in [0.29, 0.717) is 12.2 Å². The van der Waals surface area contributed by atoms with Gasteiger partial charge in [0.05, 0.1) is 10.2 Å². The number of aliphatic imine (C=N–C) groups is 1. The van der Waals surface area contributed by atoms with Crippen LogP contribution in [0.1, 0.15) is 51.0 Å². The van der Waals surface area contributed by atoms with Crippen molar-refractivity contribution >= 4 is 38.9 Å². The van der Waals surface area contributed by atoms with Gasteiger partial charge in [0, 0.05) is 12.6 Å². The summed E-state index contributed by atoms with van der Waals surface area (Å²) in [6.45, 7) is 2.18. The lowest BCUT2D eigenvalue weighted by molar-refractivity contribution is -0.134. The van der Waals surface area contributed by atoms with Gasteiger partial charge in [-0.2, -0.15) is 0 Å². The van der Waals surface area contributed by atoms with Gasteiger partial charge in [0.25, 0.3) is 0 Å². The fraction of sp³-hybridized carbons (Fsp3) is 0.318. The maximum absolute atomic E-state index is 11.9. The van der Waals surface area contributed by atoms with Gasteiger partial charge in [0.15, 0.2) is 0 Å². The van der Waals surface area contributed by atoms with Crippen LogP contribution in [0.25, 0.3) is 10.2 Å². The molecule has 2 aromatic carbocycles. The lowest BCUT2D eigenvalue weighted by Crippen LogP contribution is -2.07. The summed E-state index contributed by atoms with van der Waals surface area (Å²) in [5, 5.41) is 0.731. The van der Waals surface area contributed by atoms with Gasteiger partial charge in [-0.15, -0.1) is 0 Å². The van der Waals surface area contributed by atoms with E-state index in [0.717, 1.165) is 33.8 Å². The monoisotopic (exact) mass is 380 g/mol. The van der Waals surface area contributed by atoms with E-state index < -0.39 is 0 Å². The minimum absolute atomic E-state index is 0.164. The first kappa shape index (κ1) is 19.2. The SMILES string of the molecule is CCCCCCCC(=O)Oc1ccc(/C=N/c2nc3ccccc3s2)cc1. The molecule has 0 saturated heterocycles. The molecule has 0 spiro atoms. The van der Waals surface area contributed by atoms with Crippen molar-refractivity contribution in [2.45, 2.75) is 45.4 Å². The molecule has 0 radical (unpaired) electrons. The number of carbonyl (C=O) groups excluding carboxylic acids is 1. The number of para-hydroxylation sites is 1. The lowest BCUT2D eigenvalue weighted by atomic mass is 10.1. The number of thiazole rings is 1. The highest BCUT2D eigenvalue weighted by Crippen LogP contribution is 2.27. The molecule has 0 N–H and O–H groups in total. The van der Waals surface area contributed by atoms with Crippen LogP contribution in [0.5, 0.6) is 5.75 Å². The zero-order valence-electron chi connectivity index (χ0n) is 15.6. The standard InChI is InChI=1S/C22H24N2O2S/c1-2-3-4-5-6-11-21(25)26-18-14-12-17(13-15-18)16-23-22-24-19-9-7-8-10-20(19)27-22/h7-10,12-16H,2-6,11H2,1H3/b23-16+. The number of aromatic nitrogens is 1. The number of hydrogen-bond donors (Lipinski definition) is 0. The van der Waals surface area contributed by atoms with Crippen LogP contribution in [-0.4, -0.2) is 17.2 Å². The van der Waals surface area contributed by atoms with Crippen molar-refractivity contribution in [1.29, 1.82) is 0 Å². The maximum atomic E-state index is 11.9. The van der Waals surface area contributed by atoms with Gasteiger partial charge in [-0.1, -0.05) is 56.1 Å². The summed E-state index contributed by atoms with van der Waals surface area (Å²) in [6, 6.07) is 15.4. The molecule has 0 aliphatic heterocycles. The first-order valence-electron chi connectivity index (χ1n) is 9.45. The molecule has 1 heterocycles. The summed E-state index contributed by atoms with van der Waals surface area (Å²) in [6.07, 6.45) is 7.86. The quantitative estimate of drug-likeness (QED) is 0.189. The van der Waals surface area contributed by atoms with Crippen molar-refractivity contribution in [2.75, 3.05) is 0 Å². The van der Waals surface area contributed by atoms with Crippen molar-refractivity contribution in [3.8, 4) is 5.75 Å². The molecule has 27 heavy (non-hydrogen) atoms. The summed E-state index contributed by atoms with van der Waals surface area (Å²) in [5.74, 6) is 0.410. The van der Waals surface area contributed by atoms with Gasteiger partial charge in [-0.3, -0.25) is 4.79 Å². The Morgan fingerprint density at radius 3 is 2.63 bits per heavy atom. The number of unbranched alkanes of at least 4 members (excludes halogenated alkanes) is 4. The first-order chi connectivity index (χ1) is 13.2. The predicted octanol–water partition coefficient (Wildman–Crippen LogP) is 6.31. The Bertz CT molecular complexity index is 867. The van der Waals surface area contributed by atoms with Gasteiger partial charge >= 0.3 is 5.97 Å². The molecule has 0 amide bonds. The third kappa shape index (κ3) is 6.00. The Kier molecular flexibility index (Phi) is 7.11. The van der Waals surface area contributed by atoms with Crippen LogP contribution < -0.4 is 4.74 Å². The zero-order chi connectivity index (χ0) is 18.9.